The molecular formula is C29H24N4O2. The first-order valence-electron chi connectivity index (χ1n) is 11.9. The van der Waals surface area contributed by atoms with E-state index in [1.807, 2.05) is 66.9 Å². The van der Waals surface area contributed by atoms with Crippen molar-refractivity contribution in [3.63, 3.8) is 0 Å². The van der Waals surface area contributed by atoms with Gasteiger partial charge in [0.05, 0.1) is 16.6 Å². The monoisotopic (exact) mass is 460 g/mol. The highest BCUT2D eigenvalue weighted by molar-refractivity contribution is 6.03. The minimum atomic E-state index is -0.401. The Morgan fingerprint density at radius 1 is 0.857 bits per heavy atom. The highest BCUT2D eigenvalue weighted by Gasteiger charge is 2.23. The van der Waals surface area contributed by atoms with E-state index in [2.05, 4.69) is 28.0 Å². The second kappa shape index (κ2) is 8.72. The van der Waals surface area contributed by atoms with Crippen molar-refractivity contribution in [3.8, 4) is 17.1 Å². The van der Waals surface area contributed by atoms with Crippen molar-refractivity contribution in [2.75, 3.05) is 0 Å². The fourth-order valence-corrected chi connectivity index (χ4v) is 4.50. The molecular weight excluding hydrogens is 436 g/mol. The number of hydrogen-bond acceptors (Lipinski definition) is 4. The quantitative estimate of drug-likeness (QED) is 0.265. The lowest BCUT2D eigenvalue weighted by Gasteiger charge is -2.10. The van der Waals surface area contributed by atoms with Crippen LogP contribution in [0.25, 0.3) is 39.1 Å². The van der Waals surface area contributed by atoms with Crippen LogP contribution in [0, 0.1) is 0 Å². The molecule has 3 aromatic heterocycles. The molecule has 0 atom stereocenters. The zero-order valence-electron chi connectivity index (χ0n) is 19.4. The predicted octanol–water partition coefficient (Wildman–Crippen LogP) is 6.52. The van der Waals surface area contributed by atoms with Gasteiger partial charge in [0.1, 0.15) is 16.9 Å². The SMILES string of the molecule is CCCCn1cc(OC(=O)c2ccccc2)c2c1nc(-c1ccccc1)n1c3ccccc3nc21. The maximum atomic E-state index is 13.0. The van der Waals surface area contributed by atoms with Crippen molar-refractivity contribution < 1.29 is 9.53 Å². The van der Waals surface area contributed by atoms with Gasteiger partial charge < -0.3 is 9.30 Å². The van der Waals surface area contributed by atoms with Crippen molar-refractivity contribution in [3.05, 3.63) is 96.7 Å². The number of unbranched alkanes of at least 4 members (excludes halogenated alkanes) is 1. The Balaban J connectivity index is 1.65. The average molecular weight is 461 g/mol. The molecule has 0 N–H and O–H groups in total. The normalized spacial score (nSPS) is 11.5. The molecule has 0 saturated heterocycles. The molecule has 3 aromatic carbocycles. The summed E-state index contributed by atoms with van der Waals surface area (Å²) in [5.74, 6) is 0.873. The van der Waals surface area contributed by atoms with Gasteiger partial charge in [-0.15, -0.1) is 0 Å². The van der Waals surface area contributed by atoms with Crippen LogP contribution in [0.15, 0.2) is 91.1 Å². The molecule has 172 valence electrons. The Morgan fingerprint density at radius 2 is 1.57 bits per heavy atom. The molecule has 0 fully saturated rings. The Kier molecular flexibility index (Phi) is 5.26. The molecule has 0 aliphatic heterocycles. The summed E-state index contributed by atoms with van der Waals surface area (Å²) in [7, 11) is 0. The lowest BCUT2D eigenvalue weighted by molar-refractivity contribution is 0.0737. The van der Waals surface area contributed by atoms with Crippen molar-refractivity contribution in [2.24, 2.45) is 0 Å². The number of aryl methyl sites for hydroxylation is 1. The number of carbonyl (C=O) groups excluding carboxylic acids is 1. The Labute approximate surface area is 202 Å². The fraction of sp³-hybridized carbons (Fsp3) is 0.138. The van der Waals surface area contributed by atoms with E-state index in [1.165, 1.54) is 0 Å². The Morgan fingerprint density at radius 3 is 2.34 bits per heavy atom. The van der Waals surface area contributed by atoms with Crippen LogP contribution in [-0.4, -0.2) is 24.9 Å². The van der Waals surface area contributed by atoms with Crippen molar-refractivity contribution in [2.45, 2.75) is 26.3 Å². The van der Waals surface area contributed by atoms with Gasteiger partial charge in [0.25, 0.3) is 0 Å². The van der Waals surface area contributed by atoms with E-state index < -0.39 is 5.97 Å². The number of rotatable bonds is 6. The molecule has 0 unspecified atom stereocenters. The van der Waals surface area contributed by atoms with Crippen LogP contribution in [-0.2, 0) is 6.54 Å². The van der Waals surface area contributed by atoms with Gasteiger partial charge in [-0.2, -0.15) is 0 Å². The maximum absolute atomic E-state index is 13.0. The average Bonchev–Trinajstić information content (AvgIpc) is 3.46. The number of ether oxygens (including phenoxy) is 1. The van der Waals surface area contributed by atoms with E-state index in [1.54, 1.807) is 12.1 Å². The second-order valence-corrected chi connectivity index (χ2v) is 8.56. The van der Waals surface area contributed by atoms with E-state index in [0.29, 0.717) is 11.3 Å². The number of carbonyl (C=O) groups is 1. The molecule has 6 aromatic rings. The molecule has 0 spiro atoms. The number of nitrogens with zero attached hydrogens (tertiary/aromatic N) is 4. The third kappa shape index (κ3) is 3.64. The van der Waals surface area contributed by atoms with Crippen LogP contribution < -0.4 is 4.74 Å². The van der Waals surface area contributed by atoms with Crippen LogP contribution in [0.5, 0.6) is 5.75 Å². The summed E-state index contributed by atoms with van der Waals surface area (Å²) < 4.78 is 10.1. The molecule has 6 nitrogen and oxygen atoms in total. The Bertz CT molecular complexity index is 1670. The first kappa shape index (κ1) is 21.1. The van der Waals surface area contributed by atoms with E-state index in [-0.39, 0.29) is 0 Å². The van der Waals surface area contributed by atoms with Gasteiger partial charge >= 0.3 is 5.97 Å². The first-order chi connectivity index (χ1) is 17.2. The Hall–Kier alpha value is -4.45. The smallest absolute Gasteiger partial charge is 0.343 e. The summed E-state index contributed by atoms with van der Waals surface area (Å²) in [6.07, 6.45) is 3.92. The number of imidazole rings is 1. The van der Waals surface area contributed by atoms with E-state index in [0.717, 1.165) is 58.5 Å². The van der Waals surface area contributed by atoms with E-state index >= 15 is 0 Å². The highest BCUT2D eigenvalue weighted by Crippen LogP contribution is 2.36. The molecule has 6 heteroatoms. The zero-order valence-corrected chi connectivity index (χ0v) is 19.4. The second-order valence-electron chi connectivity index (χ2n) is 8.56. The molecule has 35 heavy (non-hydrogen) atoms. The van der Waals surface area contributed by atoms with Crippen molar-refractivity contribution in [1.82, 2.24) is 18.9 Å². The molecule has 0 bridgehead atoms. The zero-order chi connectivity index (χ0) is 23.8. The van der Waals surface area contributed by atoms with E-state index in [4.69, 9.17) is 14.7 Å². The number of fused-ring (bicyclic) bond motifs is 5. The summed E-state index contributed by atoms with van der Waals surface area (Å²) in [6, 6.07) is 27.2. The first-order valence-corrected chi connectivity index (χ1v) is 11.9. The van der Waals surface area contributed by atoms with E-state index in [9.17, 15) is 4.79 Å². The third-order valence-electron chi connectivity index (χ3n) is 6.22. The number of esters is 1. The third-order valence-corrected chi connectivity index (χ3v) is 6.22. The van der Waals surface area contributed by atoms with Crippen LogP contribution in [0.4, 0.5) is 0 Å². The van der Waals surface area contributed by atoms with Crippen molar-refractivity contribution >= 4 is 33.7 Å². The van der Waals surface area contributed by atoms with Gasteiger partial charge in [0.2, 0.25) is 0 Å². The summed E-state index contributed by atoms with van der Waals surface area (Å²) in [5, 5.41) is 0.737. The van der Waals surface area contributed by atoms with Crippen molar-refractivity contribution in [1.29, 1.82) is 0 Å². The minimum absolute atomic E-state index is 0.401. The molecule has 0 radical (unpaired) electrons. The predicted molar refractivity (Wildman–Crippen MR) is 138 cm³/mol. The molecule has 0 aliphatic rings. The van der Waals surface area contributed by atoms with Crippen LogP contribution >= 0.6 is 0 Å². The summed E-state index contributed by atoms with van der Waals surface area (Å²) >= 11 is 0. The van der Waals surface area contributed by atoms with Gasteiger partial charge in [-0.25, -0.2) is 14.8 Å². The number of benzene rings is 3. The molecule has 0 saturated carbocycles. The maximum Gasteiger partial charge on any atom is 0.343 e. The van der Waals surface area contributed by atoms with Gasteiger partial charge in [0, 0.05) is 18.3 Å². The number of hydrogen-bond donors (Lipinski definition) is 0. The summed E-state index contributed by atoms with van der Waals surface area (Å²) in [4.78, 5) is 23.1. The standard InChI is InChI=1S/C29H24N4O2/c1-2-3-18-32-19-24(35-29(34)21-14-8-5-9-15-21)25-27(32)31-26(20-12-6-4-7-13-20)33-23-17-11-10-16-22(23)30-28(25)33/h4-17,19H,2-3,18H2,1H3. The highest BCUT2D eigenvalue weighted by atomic mass is 16.5. The van der Waals surface area contributed by atoms with Gasteiger partial charge in [0.15, 0.2) is 11.4 Å². The minimum Gasteiger partial charge on any atom is -0.420 e. The van der Waals surface area contributed by atoms with Gasteiger partial charge in [-0.1, -0.05) is 74.0 Å². The van der Waals surface area contributed by atoms with Crippen LogP contribution in [0.2, 0.25) is 0 Å². The number of aromatic nitrogens is 4. The summed E-state index contributed by atoms with van der Waals surface area (Å²) in [6.45, 7) is 2.93. The van der Waals surface area contributed by atoms with Gasteiger partial charge in [-0.3, -0.25) is 4.40 Å². The lowest BCUT2D eigenvalue weighted by Crippen LogP contribution is -2.08. The van der Waals surface area contributed by atoms with Crippen LogP contribution in [0.1, 0.15) is 30.1 Å². The molecule has 0 aliphatic carbocycles. The lowest BCUT2D eigenvalue weighted by atomic mass is 10.2. The topological polar surface area (TPSA) is 61.4 Å². The summed E-state index contributed by atoms with van der Waals surface area (Å²) in [5.41, 5.74) is 4.80. The fourth-order valence-electron chi connectivity index (χ4n) is 4.50. The largest absolute Gasteiger partial charge is 0.420 e. The number of para-hydroxylation sites is 2. The molecule has 0 amide bonds. The molecule has 6 rings (SSSR count). The van der Waals surface area contributed by atoms with Crippen LogP contribution in [0.3, 0.4) is 0 Å². The molecule has 3 heterocycles. The van der Waals surface area contributed by atoms with Gasteiger partial charge in [-0.05, 0) is 30.7 Å².